The van der Waals surface area contributed by atoms with Crippen molar-refractivity contribution in [1.29, 1.82) is 0 Å². The van der Waals surface area contributed by atoms with Gasteiger partial charge in [-0.3, -0.25) is 0 Å². The van der Waals surface area contributed by atoms with Crippen LogP contribution in [-0.4, -0.2) is 37.3 Å². The van der Waals surface area contributed by atoms with E-state index in [0.717, 1.165) is 80.6 Å². The summed E-state index contributed by atoms with van der Waals surface area (Å²) < 4.78 is 44.2. The molecule has 5 nitrogen and oxygen atoms in total. The maximum Gasteiger partial charge on any atom is 0.416 e. The monoisotopic (exact) mass is 489 g/mol. The molecule has 190 valence electrons. The van der Waals surface area contributed by atoms with E-state index < -0.39 is 17.8 Å². The lowest BCUT2D eigenvalue weighted by Crippen LogP contribution is -2.57. The van der Waals surface area contributed by atoms with Crippen LogP contribution in [0.5, 0.6) is 0 Å². The Labute approximate surface area is 205 Å². The molecule has 1 aliphatic heterocycles. The molecule has 2 fully saturated rings. The highest BCUT2D eigenvalue weighted by atomic mass is 19.4. The van der Waals surface area contributed by atoms with Gasteiger partial charge in [0.2, 0.25) is 0 Å². The largest absolute Gasteiger partial charge is 0.445 e. The first-order valence-electron chi connectivity index (χ1n) is 12.5. The number of amides is 1. The summed E-state index contributed by atoms with van der Waals surface area (Å²) in [4.78, 5) is 14.7. The number of ether oxygens (including phenoxy) is 1. The molecule has 1 heterocycles. The molecule has 0 unspecified atom stereocenters. The summed E-state index contributed by atoms with van der Waals surface area (Å²) in [6.07, 6.45) is 1.26. The third-order valence-corrected chi connectivity index (χ3v) is 7.12. The Hall–Kier alpha value is -2.74. The Bertz CT molecular complexity index is 980. The van der Waals surface area contributed by atoms with Gasteiger partial charge in [-0.1, -0.05) is 37.1 Å². The minimum Gasteiger partial charge on any atom is -0.445 e. The highest BCUT2D eigenvalue weighted by Crippen LogP contribution is 2.31. The first-order valence-corrected chi connectivity index (χ1v) is 12.5. The van der Waals surface area contributed by atoms with Crippen molar-refractivity contribution in [1.82, 2.24) is 10.6 Å². The maximum atomic E-state index is 12.9. The van der Waals surface area contributed by atoms with E-state index in [-0.39, 0.29) is 24.7 Å². The van der Waals surface area contributed by atoms with Crippen LogP contribution < -0.4 is 15.5 Å². The highest BCUT2D eigenvalue weighted by molar-refractivity contribution is 5.67. The molecule has 1 saturated heterocycles. The van der Waals surface area contributed by atoms with E-state index in [2.05, 4.69) is 15.5 Å². The zero-order valence-corrected chi connectivity index (χ0v) is 20.1. The van der Waals surface area contributed by atoms with Gasteiger partial charge in [0.05, 0.1) is 5.56 Å². The number of benzene rings is 2. The van der Waals surface area contributed by atoms with E-state index in [9.17, 15) is 18.0 Å². The molecule has 8 heteroatoms. The summed E-state index contributed by atoms with van der Waals surface area (Å²) in [5.74, 6) is 0. The molecule has 2 aliphatic rings. The van der Waals surface area contributed by atoms with E-state index in [4.69, 9.17) is 4.74 Å². The van der Waals surface area contributed by atoms with Gasteiger partial charge in [0, 0.05) is 36.9 Å². The van der Waals surface area contributed by atoms with Gasteiger partial charge in [0.25, 0.3) is 0 Å². The Morgan fingerprint density at radius 3 is 2.43 bits per heavy atom. The molecule has 35 heavy (non-hydrogen) atoms. The molecule has 1 aliphatic carbocycles. The predicted molar refractivity (Wildman–Crippen MR) is 130 cm³/mol. The minimum atomic E-state index is -4.32. The Morgan fingerprint density at radius 1 is 1.00 bits per heavy atom. The van der Waals surface area contributed by atoms with Crippen molar-refractivity contribution in [2.45, 2.75) is 76.4 Å². The first-order chi connectivity index (χ1) is 16.8. The van der Waals surface area contributed by atoms with Crippen molar-refractivity contribution in [3.8, 4) is 0 Å². The molecular weight excluding hydrogens is 455 g/mol. The fraction of sp³-hybridized carbons (Fsp3) is 0.519. The lowest BCUT2D eigenvalue weighted by atomic mass is 9.89. The molecule has 0 bridgehead atoms. The molecule has 0 aromatic heterocycles. The minimum absolute atomic E-state index is 0.00503. The third-order valence-electron chi connectivity index (χ3n) is 7.12. The number of nitrogens with zero attached hydrogens (tertiary/aromatic N) is 1. The van der Waals surface area contributed by atoms with Crippen LogP contribution in [-0.2, 0) is 17.5 Å². The van der Waals surface area contributed by atoms with Crippen LogP contribution in [0, 0.1) is 6.92 Å². The zero-order valence-electron chi connectivity index (χ0n) is 20.1. The summed E-state index contributed by atoms with van der Waals surface area (Å²) in [7, 11) is 0. The van der Waals surface area contributed by atoms with Crippen molar-refractivity contribution in [2.24, 2.45) is 0 Å². The number of hydrogen-bond acceptors (Lipinski definition) is 4. The van der Waals surface area contributed by atoms with Gasteiger partial charge in [-0.15, -0.1) is 0 Å². The number of hydrogen-bond donors (Lipinski definition) is 2. The Kier molecular flexibility index (Phi) is 8.21. The third kappa shape index (κ3) is 6.90. The highest BCUT2D eigenvalue weighted by Gasteiger charge is 2.32. The second kappa shape index (κ2) is 11.3. The number of anilines is 1. The van der Waals surface area contributed by atoms with Crippen molar-refractivity contribution >= 4 is 11.8 Å². The van der Waals surface area contributed by atoms with E-state index in [1.165, 1.54) is 0 Å². The molecule has 3 atom stereocenters. The summed E-state index contributed by atoms with van der Waals surface area (Å²) in [6, 6.07) is 13.6. The lowest BCUT2D eigenvalue weighted by molar-refractivity contribution is -0.137. The van der Waals surface area contributed by atoms with Gasteiger partial charge in [-0.05, 0) is 68.0 Å². The van der Waals surface area contributed by atoms with Gasteiger partial charge in [0.15, 0.2) is 0 Å². The van der Waals surface area contributed by atoms with Crippen LogP contribution >= 0.6 is 0 Å². The molecule has 0 radical (unpaired) electrons. The van der Waals surface area contributed by atoms with Crippen LogP contribution in [0.15, 0.2) is 48.5 Å². The molecule has 1 amide bonds. The zero-order chi connectivity index (χ0) is 24.8. The number of carbonyl (C=O) groups excluding carboxylic acids is 1. The smallest absolute Gasteiger partial charge is 0.416 e. The quantitative estimate of drug-likeness (QED) is 0.538. The summed E-state index contributed by atoms with van der Waals surface area (Å²) in [5, 5.41) is 6.81. The number of piperidine rings is 1. The number of alkyl halides is 3. The summed E-state index contributed by atoms with van der Waals surface area (Å²) >= 11 is 0. The molecule has 2 N–H and O–H groups in total. The molecular formula is C27H34F3N3O2. The van der Waals surface area contributed by atoms with Crippen LogP contribution in [0.25, 0.3) is 0 Å². The standard InChI is InChI=1S/C27H34F3N3O2/c1-19-7-2-3-8-20(19)18-35-26(34)32-25-11-5-4-10-24(25)31-22-9-6-16-33(17-22)23-14-12-21(13-15-23)27(28,29)30/h2-3,7-8,12-15,22,24-25,31H,4-6,9-11,16-18H2,1H3,(H,32,34)/t22-,24+,25+/m0/s1. The molecule has 1 saturated carbocycles. The maximum absolute atomic E-state index is 12.9. The van der Waals surface area contributed by atoms with E-state index in [1.807, 2.05) is 31.2 Å². The number of halogens is 3. The number of nitrogens with one attached hydrogen (secondary N) is 2. The second-order valence-electron chi connectivity index (χ2n) is 9.64. The fourth-order valence-electron chi connectivity index (χ4n) is 5.12. The molecule has 2 aromatic carbocycles. The van der Waals surface area contributed by atoms with E-state index in [1.54, 1.807) is 12.1 Å². The van der Waals surface area contributed by atoms with Crippen LogP contribution in [0.3, 0.4) is 0 Å². The van der Waals surface area contributed by atoms with Gasteiger partial charge in [0.1, 0.15) is 6.61 Å². The van der Waals surface area contributed by atoms with Crippen molar-refractivity contribution in [3.05, 3.63) is 65.2 Å². The Morgan fingerprint density at radius 2 is 1.71 bits per heavy atom. The van der Waals surface area contributed by atoms with E-state index >= 15 is 0 Å². The average Bonchev–Trinajstić information content (AvgIpc) is 2.84. The van der Waals surface area contributed by atoms with Gasteiger partial charge < -0.3 is 20.3 Å². The van der Waals surface area contributed by atoms with Crippen LogP contribution in [0.4, 0.5) is 23.7 Å². The number of aryl methyl sites for hydroxylation is 1. The second-order valence-corrected chi connectivity index (χ2v) is 9.64. The van der Waals surface area contributed by atoms with Crippen molar-refractivity contribution in [3.63, 3.8) is 0 Å². The number of alkyl carbamates (subject to hydrolysis) is 1. The van der Waals surface area contributed by atoms with Crippen LogP contribution in [0.1, 0.15) is 55.2 Å². The molecule has 4 rings (SSSR count). The number of rotatable bonds is 6. The lowest BCUT2D eigenvalue weighted by Gasteiger charge is -2.40. The topological polar surface area (TPSA) is 53.6 Å². The van der Waals surface area contributed by atoms with Gasteiger partial charge in [-0.25, -0.2) is 4.79 Å². The first kappa shape index (κ1) is 25.4. The predicted octanol–water partition coefficient (Wildman–Crippen LogP) is 5.81. The van der Waals surface area contributed by atoms with Crippen molar-refractivity contribution < 1.29 is 22.7 Å². The fourth-order valence-corrected chi connectivity index (χ4v) is 5.12. The molecule has 0 spiro atoms. The van der Waals surface area contributed by atoms with Gasteiger partial charge in [-0.2, -0.15) is 13.2 Å². The van der Waals surface area contributed by atoms with E-state index in [0.29, 0.717) is 0 Å². The normalized spacial score (nSPS) is 23.1. The summed E-state index contributed by atoms with van der Waals surface area (Å²) in [6.45, 7) is 3.79. The average molecular weight is 490 g/mol. The van der Waals surface area contributed by atoms with Crippen LogP contribution in [0.2, 0.25) is 0 Å². The number of carbonyl (C=O) groups is 1. The summed E-state index contributed by atoms with van der Waals surface area (Å²) in [5.41, 5.74) is 2.26. The van der Waals surface area contributed by atoms with Gasteiger partial charge >= 0.3 is 12.3 Å². The molecule has 2 aromatic rings. The SMILES string of the molecule is Cc1ccccc1COC(=O)N[C@@H]1CCCC[C@H]1N[C@H]1CCCN(c2ccc(C(F)(F)F)cc2)C1. The Balaban J connectivity index is 1.31. The van der Waals surface area contributed by atoms with Crippen molar-refractivity contribution in [2.75, 3.05) is 18.0 Å².